The first-order valence-electron chi connectivity index (χ1n) is 6.13. The minimum atomic E-state index is -2.59. The zero-order chi connectivity index (χ0) is 14.3. The second kappa shape index (κ2) is 4.94. The van der Waals surface area contributed by atoms with E-state index in [4.69, 9.17) is 16.3 Å². The van der Waals surface area contributed by atoms with Crippen LogP contribution in [0.1, 0.15) is 6.42 Å². The lowest BCUT2D eigenvalue weighted by Crippen LogP contribution is -2.62. The molecule has 0 radical (unpaired) electrons. The molecular formula is C11H13ClF2N4O2. The van der Waals surface area contributed by atoms with Crippen LogP contribution in [0.5, 0.6) is 0 Å². The lowest BCUT2D eigenvalue weighted by atomic mass is 9.92. The Morgan fingerprint density at radius 1 is 1.65 bits per heavy atom. The third kappa shape index (κ3) is 2.17. The summed E-state index contributed by atoms with van der Waals surface area (Å²) in [4.78, 5) is 9.00. The molecule has 2 aliphatic heterocycles. The summed E-state index contributed by atoms with van der Waals surface area (Å²) in [6, 6.07) is 0. The monoisotopic (exact) mass is 306 g/mol. The van der Waals surface area contributed by atoms with Gasteiger partial charge < -0.3 is 20.1 Å². The number of hydrogen-bond acceptors (Lipinski definition) is 6. The van der Waals surface area contributed by atoms with Gasteiger partial charge in [-0.3, -0.25) is 0 Å². The van der Waals surface area contributed by atoms with Gasteiger partial charge in [-0.2, -0.15) is 4.98 Å². The average molecular weight is 307 g/mol. The third-order valence-corrected chi connectivity index (χ3v) is 3.78. The highest BCUT2D eigenvalue weighted by molar-refractivity contribution is 6.28. The maximum absolute atomic E-state index is 12.8. The molecule has 1 spiro atoms. The first-order chi connectivity index (χ1) is 9.52. The van der Waals surface area contributed by atoms with Crippen molar-refractivity contribution >= 4 is 23.1 Å². The zero-order valence-electron chi connectivity index (χ0n) is 10.4. The third-order valence-electron chi connectivity index (χ3n) is 3.59. The Hall–Kier alpha value is -1.25. The van der Waals surface area contributed by atoms with Crippen LogP contribution in [-0.4, -0.2) is 53.0 Å². The van der Waals surface area contributed by atoms with Crippen LogP contribution in [0.15, 0.2) is 6.20 Å². The van der Waals surface area contributed by atoms with Crippen LogP contribution in [-0.2, 0) is 4.74 Å². The van der Waals surface area contributed by atoms with Crippen molar-refractivity contribution in [2.24, 2.45) is 0 Å². The van der Waals surface area contributed by atoms with Gasteiger partial charge in [0.25, 0.3) is 6.43 Å². The molecule has 1 aromatic heterocycles. The molecule has 1 saturated heterocycles. The standard InChI is InChI=1S/C11H13ClF2N4O2/c12-10-15-3-6-8(16-10)17-11(1-2-20-5-11)9(19)18(6)4-7(13)14/h3,7,9,19H,1-2,4-5H2,(H,15,16,17). The van der Waals surface area contributed by atoms with E-state index >= 15 is 0 Å². The molecule has 0 aliphatic carbocycles. The molecule has 2 N–H and O–H groups in total. The SMILES string of the molecule is OC1N(CC(F)F)c2cnc(Cl)nc2NC12CCOC2. The van der Waals surface area contributed by atoms with E-state index in [2.05, 4.69) is 15.3 Å². The number of aromatic nitrogens is 2. The highest BCUT2D eigenvalue weighted by Gasteiger charge is 2.49. The molecule has 0 amide bonds. The summed E-state index contributed by atoms with van der Waals surface area (Å²) >= 11 is 5.74. The van der Waals surface area contributed by atoms with Gasteiger partial charge in [-0.25, -0.2) is 13.8 Å². The number of alkyl halides is 2. The van der Waals surface area contributed by atoms with Crippen molar-refractivity contribution in [2.75, 3.05) is 30.0 Å². The van der Waals surface area contributed by atoms with Gasteiger partial charge in [0.1, 0.15) is 11.2 Å². The molecule has 3 heterocycles. The largest absolute Gasteiger partial charge is 0.379 e. The average Bonchev–Trinajstić information content (AvgIpc) is 2.84. The molecule has 0 aromatic carbocycles. The number of rotatable bonds is 2. The van der Waals surface area contributed by atoms with Gasteiger partial charge in [0, 0.05) is 13.0 Å². The molecule has 9 heteroatoms. The Morgan fingerprint density at radius 3 is 3.10 bits per heavy atom. The van der Waals surface area contributed by atoms with E-state index in [1.54, 1.807) is 0 Å². The minimum absolute atomic E-state index is 0.0127. The summed E-state index contributed by atoms with van der Waals surface area (Å²) in [5, 5.41) is 13.5. The van der Waals surface area contributed by atoms with Gasteiger partial charge in [-0.15, -0.1) is 0 Å². The van der Waals surface area contributed by atoms with Crippen LogP contribution in [0.2, 0.25) is 5.28 Å². The molecule has 2 atom stereocenters. The number of aliphatic hydroxyl groups is 1. The van der Waals surface area contributed by atoms with Crippen molar-refractivity contribution < 1.29 is 18.6 Å². The highest BCUT2D eigenvalue weighted by atomic mass is 35.5. The number of halogens is 3. The number of nitrogens with one attached hydrogen (secondary N) is 1. The van der Waals surface area contributed by atoms with Crippen LogP contribution in [0.3, 0.4) is 0 Å². The maximum Gasteiger partial charge on any atom is 0.255 e. The second-order valence-corrected chi connectivity index (χ2v) is 5.21. The predicted molar refractivity (Wildman–Crippen MR) is 68.2 cm³/mol. The van der Waals surface area contributed by atoms with E-state index in [0.29, 0.717) is 24.5 Å². The molecule has 3 rings (SSSR count). The normalized spacial score (nSPS) is 28.9. The topological polar surface area (TPSA) is 70.5 Å². The Morgan fingerprint density at radius 2 is 2.45 bits per heavy atom. The second-order valence-electron chi connectivity index (χ2n) is 4.87. The maximum atomic E-state index is 12.8. The van der Waals surface area contributed by atoms with Gasteiger partial charge in [0.15, 0.2) is 12.0 Å². The number of aliphatic hydroxyl groups excluding tert-OH is 1. The predicted octanol–water partition coefficient (Wildman–Crippen LogP) is 1.10. The fourth-order valence-electron chi connectivity index (χ4n) is 2.62. The summed E-state index contributed by atoms with van der Waals surface area (Å²) in [6.07, 6.45) is -1.91. The molecular weight excluding hydrogens is 294 g/mol. The summed E-state index contributed by atoms with van der Waals surface area (Å²) in [5.41, 5.74) is -0.542. The summed E-state index contributed by atoms with van der Waals surface area (Å²) in [6.45, 7) is 0.0539. The number of anilines is 2. The Kier molecular flexibility index (Phi) is 3.39. The minimum Gasteiger partial charge on any atom is -0.379 e. The van der Waals surface area contributed by atoms with E-state index in [1.807, 2.05) is 0 Å². The van der Waals surface area contributed by atoms with Crippen LogP contribution in [0.25, 0.3) is 0 Å². The molecule has 1 fully saturated rings. The number of nitrogens with zero attached hydrogens (tertiary/aromatic N) is 3. The smallest absolute Gasteiger partial charge is 0.255 e. The van der Waals surface area contributed by atoms with Crippen LogP contribution >= 0.6 is 11.6 Å². The molecule has 1 aromatic rings. The van der Waals surface area contributed by atoms with Crippen molar-refractivity contribution in [3.8, 4) is 0 Å². The molecule has 6 nitrogen and oxygen atoms in total. The summed E-state index contributed by atoms with van der Waals surface area (Å²) in [5.74, 6) is 0.335. The highest BCUT2D eigenvalue weighted by Crippen LogP contribution is 2.40. The van der Waals surface area contributed by atoms with Crippen LogP contribution in [0.4, 0.5) is 20.3 Å². The zero-order valence-corrected chi connectivity index (χ0v) is 11.1. The van der Waals surface area contributed by atoms with Crippen molar-refractivity contribution in [3.63, 3.8) is 0 Å². The van der Waals surface area contributed by atoms with E-state index in [1.165, 1.54) is 11.1 Å². The molecule has 2 aliphatic rings. The van der Waals surface area contributed by atoms with Crippen molar-refractivity contribution in [1.82, 2.24) is 9.97 Å². The van der Waals surface area contributed by atoms with E-state index in [-0.39, 0.29) is 11.9 Å². The van der Waals surface area contributed by atoms with Gasteiger partial charge >= 0.3 is 0 Å². The molecule has 2 unspecified atom stereocenters. The molecule has 110 valence electrons. The molecule has 0 bridgehead atoms. The van der Waals surface area contributed by atoms with Crippen LogP contribution < -0.4 is 10.2 Å². The van der Waals surface area contributed by atoms with E-state index < -0.39 is 24.7 Å². The van der Waals surface area contributed by atoms with Gasteiger partial charge in [0.05, 0.1) is 19.3 Å². The lowest BCUT2D eigenvalue weighted by molar-refractivity contribution is 0.0578. The fraction of sp³-hybridized carbons (Fsp3) is 0.636. The van der Waals surface area contributed by atoms with Crippen molar-refractivity contribution in [3.05, 3.63) is 11.5 Å². The lowest BCUT2D eigenvalue weighted by Gasteiger charge is -2.46. The fourth-order valence-corrected chi connectivity index (χ4v) is 2.75. The summed E-state index contributed by atoms with van der Waals surface area (Å²) in [7, 11) is 0. The number of ether oxygens (including phenoxy) is 1. The molecule has 0 saturated carbocycles. The van der Waals surface area contributed by atoms with Gasteiger partial charge in [-0.05, 0) is 11.6 Å². The number of fused-ring (bicyclic) bond motifs is 1. The Bertz CT molecular complexity index is 513. The van der Waals surface area contributed by atoms with Crippen molar-refractivity contribution in [2.45, 2.75) is 24.6 Å². The Balaban J connectivity index is 2.03. The summed E-state index contributed by atoms with van der Waals surface area (Å²) < 4.78 is 30.8. The first-order valence-corrected chi connectivity index (χ1v) is 6.51. The molecule has 20 heavy (non-hydrogen) atoms. The number of hydrogen-bond donors (Lipinski definition) is 2. The van der Waals surface area contributed by atoms with Crippen LogP contribution in [0, 0.1) is 0 Å². The van der Waals surface area contributed by atoms with Crippen molar-refractivity contribution in [1.29, 1.82) is 0 Å². The van der Waals surface area contributed by atoms with E-state index in [0.717, 1.165) is 0 Å². The van der Waals surface area contributed by atoms with Gasteiger partial charge in [-0.1, -0.05) is 0 Å². The van der Waals surface area contributed by atoms with Gasteiger partial charge in [0.2, 0.25) is 5.28 Å². The Labute approximate surface area is 118 Å². The quantitative estimate of drug-likeness (QED) is 0.798. The van der Waals surface area contributed by atoms with E-state index in [9.17, 15) is 13.9 Å². The first kappa shape index (κ1) is 13.7.